The number of hydrogen-bond acceptors (Lipinski definition) is 2. The molecule has 17 heavy (non-hydrogen) atoms. The molecule has 0 radical (unpaired) electrons. The molecule has 2 rings (SSSR count). The first kappa shape index (κ1) is 13.4. The molecule has 0 aromatic heterocycles. The number of hydrazine groups is 1. The van der Waals surface area contributed by atoms with Gasteiger partial charge in [-0.2, -0.15) is 0 Å². The summed E-state index contributed by atoms with van der Waals surface area (Å²) in [5.74, 6) is 7.65. The van der Waals surface area contributed by atoms with Crippen molar-refractivity contribution in [2.45, 2.75) is 83.1 Å². The van der Waals surface area contributed by atoms with E-state index in [1.165, 1.54) is 77.0 Å². The van der Waals surface area contributed by atoms with Gasteiger partial charge in [-0.1, -0.05) is 51.4 Å². The van der Waals surface area contributed by atoms with Gasteiger partial charge in [-0.05, 0) is 37.5 Å². The van der Waals surface area contributed by atoms with Crippen molar-refractivity contribution in [1.29, 1.82) is 0 Å². The van der Waals surface area contributed by atoms with Gasteiger partial charge in [0.15, 0.2) is 0 Å². The SMILES string of the molecule is NNC(CCC1CCCC1)C1CCCCCC1. The molecule has 0 aromatic carbocycles. The Balaban J connectivity index is 1.73. The van der Waals surface area contributed by atoms with Crippen LogP contribution in [0.5, 0.6) is 0 Å². The zero-order chi connectivity index (χ0) is 11.9. The van der Waals surface area contributed by atoms with Crippen molar-refractivity contribution >= 4 is 0 Å². The van der Waals surface area contributed by atoms with E-state index in [2.05, 4.69) is 5.43 Å². The molecule has 0 aliphatic heterocycles. The molecule has 0 aromatic rings. The van der Waals surface area contributed by atoms with E-state index in [-0.39, 0.29) is 0 Å². The highest BCUT2D eigenvalue weighted by molar-refractivity contribution is 4.79. The fourth-order valence-electron chi connectivity index (χ4n) is 3.88. The third-order valence-electron chi connectivity index (χ3n) is 5.04. The average molecular weight is 238 g/mol. The van der Waals surface area contributed by atoms with Gasteiger partial charge in [0.2, 0.25) is 0 Å². The Labute approximate surface area is 107 Å². The standard InChI is InChI=1S/C15H30N2/c16-17-15(12-11-13-7-5-6-8-13)14-9-3-1-2-4-10-14/h13-15,17H,1-12,16H2. The van der Waals surface area contributed by atoms with Crippen LogP contribution in [0.3, 0.4) is 0 Å². The maximum absolute atomic E-state index is 5.79. The van der Waals surface area contributed by atoms with E-state index in [4.69, 9.17) is 5.84 Å². The van der Waals surface area contributed by atoms with E-state index < -0.39 is 0 Å². The highest BCUT2D eigenvalue weighted by Crippen LogP contribution is 2.32. The Morgan fingerprint density at radius 3 is 2.06 bits per heavy atom. The quantitative estimate of drug-likeness (QED) is 0.435. The van der Waals surface area contributed by atoms with E-state index in [0.717, 1.165) is 11.8 Å². The molecule has 0 heterocycles. The molecule has 1 atom stereocenters. The summed E-state index contributed by atoms with van der Waals surface area (Å²) in [6, 6.07) is 0.591. The molecular weight excluding hydrogens is 208 g/mol. The Hall–Kier alpha value is -0.0800. The van der Waals surface area contributed by atoms with Crippen LogP contribution in [0.15, 0.2) is 0 Å². The zero-order valence-electron chi connectivity index (χ0n) is 11.3. The second-order valence-electron chi connectivity index (χ2n) is 6.25. The van der Waals surface area contributed by atoms with Crippen LogP contribution in [0.1, 0.15) is 77.0 Å². The molecule has 2 nitrogen and oxygen atoms in total. The monoisotopic (exact) mass is 238 g/mol. The van der Waals surface area contributed by atoms with Crippen molar-refractivity contribution in [2.24, 2.45) is 17.7 Å². The average Bonchev–Trinajstić information content (AvgIpc) is 2.72. The van der Waals surface area contributed by atoms with Crippen LogP contribution in [0, 0.1) is 11.8 Å². The van der Waals surface area contributed by atoms with Gasteiger partial charge in [-0.3, -0.25) is 11.3 Å². The summed E-state index contributed by atoms with van der Waals surface area (Å²) >= 11 is 0. The summed E-state index contributed by atoms with van der Waals surface area (Å²) in [5.41, 5.74) is 3.12. The molecule has 2 saturated carbocycles. The van der Waals surface area contributed by atoms with Crippen LogP contribution in [-0.4, -0.2) is 6.04 Å². The molecule has 0 saturated heterocycles. The molecule has 2 heteroatoms. The fourth-order valence-corrected chi connectivity index (χ4v) is 3.88. The van der Waals surface area contributed by atoms with Crippen molar-refractivity contribution in [1.82, 2.24) is 5.43 Å². The van der Waals surface area contributed by atoms with E-state index in [1.54, 1.807) is 0 Å². The maximum Gasteiger partial charge on any atom is 0.0238 e. The van der Waals surface area contributed by atoms with Crippen molar-refractivity contribution < 1.29 is 0 Å². The summed E-state index contributed by atoms with van der Waals surface area (Å²) in [6.07, 6.45) is 17.1. The zero-order valence-corrected chi connectivity index (χ0v) is 11.3. The van der Waals surface area contributed by atoms with Gasteiger partial charge in [0.25, 0.3) is 0 Å². The first-order chi connectivity index (χ1) is 8.40. The van der Waals surface area contributed by atoms with E-state index in [1.807, 2.05) is 0 Å². The highest BCUT2D eigenvalue weighted by Gasteiger charge is 2.23. The van der Waals surface area contributed by atoms with Crippen LogP contribution < -0.4 is 11.3 Å². The van der Waals surface area contributed by atoms with Gasteiger partial charge in [-0.15, -0.1) is 0 Å². The minimum absolute atomic E-state index is 0.591. The van der Waals surface area contributed by atoms with E-state index >= 15 is 0 Å². The lowest BCUT2D eigenvalue weighted by atomic mass is 9.87. The van der Waals surface area contributed by atoms with Gasteiger partial charge in [0.05, 0.1) is 0 Å². The van der Waals surface area contributed by atoms with E-state index in [0.29, 0.717) is 6.04 Å². The van der Waals surface area contributed by atoms with Crippen molar-refractivity contribution in [2.75, 3.05) is 0 Å². The van der Waals surface area contributed by atoms with Crippen LogP contribution in [-0.2, 0) is 0 Å². The second-order valence-corrected chi connectivity index (χ2v) is 6.25. The Morgan fingerprint density at radius 2 is 1.47 bits per heavy atom. The van der Waals surface area contributed by atoms with Crippen molar-refractivity contribution in [3.63, 3.8) is 0 Å². The minimum atomic E-state index is 0.591. The van der Waals surface area contributed by atoms with Gasteiger partial charge in [0, 0.05) is 6.04 Å². The van der Waals surface area contributed by atoms with E-state index in [9.17, 15) is 0 Å². The molecule has 1 unspecified atom stereocenters. The van der Waals surface area contributed by atoms with Crippen LogP contribution in [0.2, 0.25) is 0 Å². The highest BCUT2D eigenvalue weighted by atomic mass is 15.2. The molecule has 100 valence electrons. The summed E-state index contributed by atoms with van der Waals surface area (Å²) in [5, 5.41) is 0. The number of rotatable bonds is 5. The van der Waals surface area contributed by atoms with Gasteiger partial charge in [0.1, 0.15) is 0 Å². The smallest absolute Gasteiger partial charge is 0.0238 e. The normalized spacial score (nSPS) is 25.9. The number of hydrogen-bond donors (Lipinski definition) is 2. The second kappa shape index (κ2) is 7.38. The van der Waals surface area contributed by atoms with Gasteiger partial charge >= 0.3 is 0 Å². The molecule has 2 aliphatic carbocycles. The molecule has 2 aliphatic rings. The van der Waals surface area contributed by atoms with Crippen LogP contribution in [0.4, 0.5) is 0 Å². The lowest BCUT2D eigenvalue weighted by Gasteiger charge is -2.26. The van der Waals surface area contributed by atoms with Crippen molar-refractivity contribution in [3.8, 4) is 0 Å². The van der Waals surface area contributed by atoms with Crippen LogP contribution in [0.25, 0.3) is 0 Å². The Kier molecular flexibility index (Phi) is 5.79. The third kappa shape index (κ3) is 4.26. The Morgan fingerprint density at radius 1 is 0.882 bits per heavy atom. The molecule has 0 amide bonds. The summed E-state index contributed by atoms with van der Waals surface area (Å²) < 4.78 is 0. The largest absolute Gasteiger partial charge is 0.271 e. The first-order valence-electron chi connectivity index (χ1n) is 7.86. The maximum atomic E-state index is 5.79. The fraction of sp³-hybridized carbons (Fsp3) is 1.00. The topological polar surface area (TPSA) is 38.0 Å². The van der Waals surface area contributed by atoms with Crippen molar-refractivity contribution in [3.05, 3.63) is 0 Å². The molecular formula is C15H30N2. The lowest BCUT2D eigenvalue weighted by Crippen LogP contribution is -2.41. The summed E-state index contributed by atoms with van der Waals surface area (Å²) in [4.78, 5) is 0. The lowest BCUT2D eigenvalue weighted by molar-refractivity contribution is 0.286. The first-order valence-corrected chi connectivity index (χ1v) is 7.86. The predicted molar refractivity (Wildman–Crippen MR) is 73.5 cm³/mol. The van der Waals surface area contributed by atoms with Gasteiger partial charge in [-0.25, -0.2) is 0 Å². The summed E-state index contributed by atoms with van der Waals surface area (Å²) in [7, 11) is 0. The minimum Gasteiger partial charge on any atom is -0.271 e. The summed E-state index contributed by atoms with van der Waals surface area (Å²) in [6.45, 7) is 0. The third-order valence-corrected chi connectivity index (χ3v) is 5.04. The predicted octanol–water partition coefficient (Wildman–Crippen LogP) is 3.76. The Bertz CT molecular complexity index is 191. The molecule has 3 N–H and O–H groups in total. The number of nitrogens with two attached hydrogens (primary N) is 1. The van der Waals surface area contributed by atoms with Gasteiger partial charge < -0.3 is 0 Å². The molecule has 0 bridgehead atoms. The van der Waals surface area contributed by atoms with Crippen LogP contribution >= 0.6 is 0 Å². The molecule has 2 fully saturated rings. The molecule has 0 spiro atoms. The number of nitrogens with one attached hydrogen (secondary N) is 1.